The van der Waals surface area contributed by atoms with Gasteiger partial charge in [-0.15, -0.1) is 11.3 Å². The van der Waals surface area contributed by atoms with Crippen molar-refractivity contribution in [2.45, 2.75) is 6.42 Å². The largest absolute Gasteiger partial charge is 0.330 e. The lowest BCUT2D eigenvalue weighted by atomic mass is 10.3. The minimum atomic E-state index is 0.613. The van der Waals surface area contributed by atoms with Crippen molar-refractivity contribution in [2.24, 2.45) is 5.73 Å². The van der Waals surface area contributed by atoms with Crippen molar-refractivity contribution >= 4 is 17.0 Å². The van der Waals surface area contributed by atoms with Gasteiger partial charge in [-0.1, -0.05) is 6.07 Å². The molecule has 3 aromatic rings. The quantitative estimate of drug-likeness (QED) is 0.766. The number of hydrogen-bond acceptors (Lipinski definition) is 4. The summed E-state index contributed by atoms with van der Waals surface area (Å²) >= 11 is 1.69. The molecule has 3 rings (SSSR count). The SMILES string of the molecule is NCCc1cn2nc(-c3cccs3)ccc2n1. The van der Waals surface area contributed by atoms with Gasteiger partial charge < -0.3 is 5.73 Å². The summed E-state index contributed by atoms with van der Waals surface area (Å²) < 4.78 is 1.82. The Hall–Kier alpha value is -1.72. The smallest absolute Gasteiger partial charge is 0.153 e. The molecule has 0 radical (unpaired) electrons. The summed E-state index contributed by atoms with van der Waals surface area (Å²) in [5, 5.41) is 6.59. The Labute approximate surface area is 103 Å². The Morgan fingerprint density at radius 2 is 2.24 bits per heavy atom. The summed E-state index contributed by atoms with van der Waals surface area (Å²) in [6.07, 6.45) is 2.73. The molecule has 3 aromatic heterocycles. The van der Waals surface area contributed by atoms with Gasteiger partial charge in [0, 0.05) is 6.42 Å². The zero-order valence-electron chi connectivity index (χ0n) is 9.21. The predicted molar refractivity (Wildman–Crippen MR) is 69.1 cm³/mol. The van der Waals surface area contributed by atoms with Crippen LogP contribution in [-0.4, -0.2) is 21.1 Å². The van der Waals surface area contributed by atoms with Gasteiger partial charge in [-0.3, -0.25) is 0 Å². The van der Waals surface area contributed by atoms with E-state index in [0.29, 0.717) is 6.54 Å². The molecule has 3 heterocycles. The highest BCUT2D eigenvalue weighted by molar-refractivity contribution is 7.13. The normalized spacial score (nSPS) is 11.1. The Bertz CT molecular complexity index is 627. The van der Waals surface area contributed by atoms with Crippen molar-refractivity contribution in [2.75, 3.05) is 6.54 Å². The first-order valence-electron chi connectivity index (χ1n) is 5.46. The van der Waals surface area contributed by atoms with Crippen molar-refractivity contribution in [3.05, 3.63) is 41.5 Å². The zero-order valence-corrected chi connectivity index (χ0v) is 10.0. The molecule has 0 aliphatic heterocycles. The number of aromatic nitrogens is 3. The first-order valence-corrected chi connectivity index (χ1v) is 6.34. The Morgan fingerprint density at radius 1 is 1.29 bits per heavy atom. The Kier molecular flexibility index (Phi) is 2.62. The number of fused-ring (bicyclic) bond motifs is 1. The van der Waals surface area contributed by atoms with E-state index in [1.165, 1.54) is 4.88 Å². The molecule has 0 unspecified atom stereocenters. The van der Waals surface area contributed by atoms with Crippen LogP contribution in [0.2, 0.25) is 0 Å². The van der Waals surface area contributed by atoms with Crippen LogP contribution in [0.3, 0.4) is 0 Å². The van der Waals surface area contributed by atoms with Gasteiger partial charge in [0.15, 0.2) is 5.65 Å². The number of rotatable bonds is 3. The second-order valence-electron chi connectivity index (χ2n) is 3.77. The van der Waals surface area contributed by atoms with Gasteiger partial charge in [0.05, 0.1) is 16.8 Å². The number of thiophene rings is 1. The van der Waals surface area contributed by atoms with Crippen LogP contribution in [0.1, 0.15) is 5.69 Å². The molecule has 0 fully saturated rings. The zero-order chi connectivity index (χ0) is 11.7. The molecule has 0 aliphatic carbocycles. The van der Waals surface area contributed by atoms with Crippen molar-refractivity contribution < 1.29 is 0 Å². The van der Waals surface area contributed by atoms with Crippen molar-refractivity contribution in [3.8, 4) is 10.6 Å². The first-order chi connectivity index (χ1) is 8.36. The number of hydrogen-bond donors (Lipinski definition) is 1. The van der Waals surface area contributed by atoms with Crippen LogP contribution in [0.15, 0.2) is 35.8 Å². The molecule has 17 heavy (non-hydrogen) atoms. The molecule has 0 aliphatic rings. The summed E-state index contributed by atoms with van der Waals surface area (Å²) in [6.45, 7) is 0.613. The number of nitrogens with zero attached hydrogens (tertiary/aromatic N) is 3. The third-order valence-corrected chi connectivity index (χ3v) is 3.44. The van der Waals surface area contributed by atoms with Crippen LogP contribution >= 0.6 is 11.3 Å². The van der Waals surface area contributed by atoms with Crippen LogP contribution in [0, 0.1) is 0 Å². The average molecular weight is 244 g/mol. The minimum Gasteiger partial charge on any atom is -0.330 e. The predicted octanol–water partition coefficient (Wildman–Crippen LogP) is 1.96. The van der Waals surface area contributed by atoms with E-state index in [4.69, 9.17) is 5.73 Å². The molecule has 0 saturated carbocycles. The van der Waals surface area contributed by atoms with Gasteiger partial charge in [-0.25, -0.2) is 9.50 Å². The van der Waals surface area contributed by atoms with Crippen LogP contribution < -0.4 is 5.73 Å². The van der Waals surface area contributed by atoms with E-state index < -0.39 is 0 Å². The molecule has 86 valence electrons. The fourth-order valence-electron chi connectivity index (χ4n) is 1.76. The van der Waals surface area contributed by atoms with E-state index in [9.17, 15) is 0 Å². The summed E-state index contributed by atoms with van der Waals surface area (Å²) in [6, 6.07) is 8.08. The van der Waals surface area contributed by atoms with Gasteiger partial charge in [-0.05, 0) is 30.1 Å². The monoisotopic (exact) mass is 244 g/mol. The fraction of sp³-hybridized carbons (Fsp3) is 0.167. The number of imidazole rings is 1. The van der Waals surface area contributed by atoms with Gasteiger partial charge in [-0.2, -0.15) is 5.10 Å². The van der Waals surface area contributed by atoms with Crippen LogP contribution in [0.4, 0.5) is 0 Å². The van der Waals surface area contributed by atoms with Gasteiger partial charge in [0.1, 0.15) is 5.69 Å². The molecule has 0 amide bonds. The molecule has 5 heteroatoms. The van der Waals surface area contributed by atoms with Gasteiger partial charge >= 0.3 is 0 Å². The van der Waals surface area contributed by atoms with E-state index in [0.717, 1.165) is 23.5 Å². The van der Waals surface area contributed by atoms with E-state index in [1.54, 1.807) is 11.3 Å². The summed E-state index contributed by atoms with van der Waals surface area (Å²) in [5.74, 6) is 0. The van der Waals surface area contributed by atoms with E-state index in [1.807, 2.05) is 28.9 Å². The molecule has 0 atom stereocenters. The van der Waals surface area contributed by atoms with Crippen molar-refractivity contribution in [1.82, 2.24) is 14.6 Å². The average Bonchev–Trinajstić information content (AvgIpc) is 2.96. The maximum absolute atomic E-state index is 5.52. The Morgan fingerprint density at radius 3 is 3.00 bits per heavy atom. The van der Waals surface area contributed by atoms with E-state index in [2.05, 4.69) is 21.5 Å². The minimum absolute atomic E-state index is 0.613. The van der Waals surface area contributed by atoms with Gasteiger partial charge in [0.25, 0.3) is 0 Å². The van der Waals surface area contributed by atoms with Crippen LogP contribution in [0.5, 0.6) is 0 Å². The highest BCUT2D eigenvalue weighted by Gasteiger charge is 2.05. The highest BCUT2D eigenvalue weighted by Crippen LogP contribution is 2.22. The molecule has 2 N–H and O–H groups in total. The van der Waals surface area contributed by atoms with Crippen LogP contribution in [-0.2, 0) is 6.42 Å². The number of nitrogens with two attached hydrogens (primary N) is 1. The lowest BCUT2D eigenvalue weighted by Crippen LogP contribution is -2.02. The highest BCUT2D eigenvalue weighted by atomic mass is 32.1. The van der Waals surface area contributed by atoms with E-state index in [-0.39, 0.29) is 0 Å². The summed E-state index contributed by atoms with van der Waals surface area (Å²) in [4.78, 5) is 5.62. The van der Waals surface area contributed by atoms with Crippen molar-refractivity contribution in [1.29, 1.82) is 0 Å². The second kappa shape index (κ2) is 4.27. The summed E-state index contributed by atoms with van der Waals surface area (Å²) in [7, 11) is 0. The standard InChI is InChI=1S/C12H12N4S/c13-6-5-9-8-16-12(14-9)4-3-10(15-16)11-2-1-7-17-11/h1-4,7-8H,5-6,13H2. The molecule has 0 aromatic carbocycles. The molecular formula is C12H12N4S. The van der Waals surface area contributed by atoms with Crippen LogP contribution in [0.25, 0.3) is 16.2 Å². The fourth-order valence-corrected chi connectivity index (χ4v) is 2.45. The molecule has 0 spiro atoms. The van der Waals surface area contributed by atoms with Crippen molar-refractivity contribution in [3.63, 3.8) is 0 Å². The maximum Gasteiger partial charge on any atom is 0.153 e. The third kappa shape index (κ3) is 1.94. The van der Waals surface area contributed by atoms with Gasteiger partial charge in [0.2, 0.25) is 0 Å². The topological polar surface area (TPSA) is 56.2 Å². The first kappa shape index (κ1) is 10.4. The third-order valence-electron chi connectivity index (χ3n) is 2.54. The second-order valence-corrected chi connectivity index (χ2v) is 4.72. The lowest BCUT2D eigenvalue weighted by Gasteiger charge is -1.97. The van der Waals surface area contributed by atoms with E-state index >= 15 is 0 Å². The Balaban J connectivity index is 2.06. The molecule has 0 saturated heterocycles. The maximum atomic E-state index is 5.52. The molecule has 0 bridgehead atoms. The molecular weight excluding hydrogens is 232 g/mol. The lowest BCUT2D eigenvalue weighted by molar-refractivity contribution is 0.918. The summed E-state index contributed by atoms with van der Waals surface area (Å²) in [5.41, 5.74) is 8.36. The molecule has 4 nitrogen and oxygen atoms in total.